The fraction of sp³-hybridized carbons (Fsp3) is 0.412. The maximum Gasteiger partial charge on any atom is 0.156 e. The first-order chi connectivity index (χ1) is 11.3. The normalized spacial score (nSPS) is 16.5. The van der Waals surface area contributed by atoms with Crippen LogP contribution in [0.5, 0.6) is 0 Å². The minimum absolute atomic E-state index is 0.258. The third-order valence-electron chi connectivity index (χ3n) is 4.75. The number of aryl methyl sites for hydroxylation is 1. The molecule has 23 heavy (non-hydrogen) atoms. The van der Waals surface area contributed by atoms with E-state index in [1.54, 1.807) is 6.33 Å². The van der Waals surface area contributed by atoms with Crippen LogP contribution in [0.25, 0.3) is 21.9 Å². The number of fused-ring (bicyclic) bond motifs is 3. The Morgan fingerprint density at radius 1 is 1.26 bits per heavy atom. The molecular formula is C17H22N5O+. The van der Waals surface area contributed by atoms with Gasteiger partial charge in [-0.1, -0.05) is 12.1 Å². The lowest BCUT2D eigenvalue weighted by Crippen LogP contribution is -3.15. The summed E-state index contributed by atoms with van der Waals surface area (Å²) < 4.78 is 0. The van der Waals surface area contributed by atoms with Crippen LogP contribution >= 0.6 is 0 Å². The summed E-state index contributed by atoms with van der Waals surface area (Å²) in [6.07, 6.45) is 1.66. The number of hydrogen-bond donors (Lipinski definition) is 3. The zero-order valence-corrected chi connectivity index (χ0v) is 13.3. The second-order valence-corrected chi connectivity index (χ2v) is 6.31. The number of aliphatic hydroxyl groups excluding tert-OH is 1. The van der Waals surface area contributed by atoms with Gasteiger partial charge in [0.2, 0.25) is 0 Å². The Morgan fingerprint density at radius 3 is 2.87 bits per heavy atom. The summed E-state index contributed by atoms with van der Waals surface area (Å²) in [6, 6.07) is 6.40. The van der Waals surface area contributed by atoms with Crippen molar-refractivity contribution in [3.05, 3.63) is 30.1 Å². The molecule has 0 radical (unpaired) electrons. The SMILES string of the molecule is Cc1ccc2c(c1)[nH]c1c(N3CC[NH+](CCO)CC3)ncnc12. The highest BCUT2D eigenvalue weighted by Crippen LogP contribution is 2.29. The van der Waals surface area contributed by atoms with E-state index >= 15 is 0 Å². The number of quaternary nitrogens is 1. The molecule has 0 saturated carbocycles. The van der Waals surface area contributed by atoms with E-state index in [0.717, 1.165) is 60.5 Å². The predicted molar refractivity (Wildman–Crippen MR) is 91.0 cm³/mol. The smallest absolute Gasteiger partial charge is 0.156 e. The molecule has 0 amide bonds. The van der Waals surface area contributed by atoms with Crippen LogP contribution in [0.3, 0.4) is 0 Å². The molecule has 0 aliphatic carbocycles. The van der Waals surface area contributed by atoms with Crippen molar-refractivity contribution in [2.24, 2.45) is 0 Å². The second-order valence-electron chi connectivity index (χ2n) is 6.31. The molecule has 6 nitrogen and oxygen atoms in total. The zero-order chi connectivity index (χ0) is 15.8. The zero-order valence-electron chi connectivity index (χ0n) is 13.3. The molecule has 0 atom stereocenters. The van der Waals surface area contributed by atoms with Crippen LogP contribution in [0, 0.1) is 6.92 Å². The molecule has 1 aliphatic heterocycles. The molecule has 120 valence electrons. The molecule has 0 spiro atoms. The van der Waals surface area contributed by atoms with Crippen LogP contribution < -0.4 is 9.80 Å². The average Bonchev–Trinajstić information content (AvgIpc) is 2.93. The molecular weight excluding hydrogens is 290 g/mol. The number of aromatic amines is 1. The van der Waals surface area contributed by atoms with Gasteiger partial charge in [0.1, 0.15) is 23.9 Å². The van der Waals surface area contributed by atoms with E-state index in [9.17, 15) is 0 Å². The van der Waals surface area contributed by atoms with Crippen molar-refractivity contribution in [2.45, 2.75) is 6.92 Å². The Labute approximate surface area is 134 Å². The van der Waals surface area contributed by atoms with Gasteiger partial charge in [-0.3, -0.25) is 0 Å². The standard InChI is InChI=1S/C17H21N5O/c1-12-2-3-13-14(10-12)20-16-15(13)18-11-19-17(16)22-6-4-21(5-7-22)8-9-23/h2-3,10-11,20,23H,4-9H2,1H3/p+1. The number of nitrogens with zero attached hydrogens (tertiary/aromatic N) is 3. The van der Waals surface area contributed by atoms with Crippen LogP contribution in [0.4, 0.5) is 5.82 Å². The molecule has 1 fully saturated rings. The van der Waals surface area contributed by atoms with Crippen molar-refractivity contribution in [2.75, 3.05) is 44.2 Å². The van der Waals surface area contributed by atoms with Crippen molar-refractivity contribution in [3.63, 3.8) is 0 Å². The Morgan fingerprint density at radius 2 is 2.09 bits per heavy atom. The molecule has 1 aliphatic rings. The molecule has 3 heterocycles. The van der Waals surface area contributed by atoms with E-state index in [2.05, 4.69) is 45.0 Å². The van der Waals surface area contributed by atoms with Crippen LogP contribution in [0.15, 0.2) is 24.5 Å². The lowest BCUT2D eigenvalue weighted by atomic mass is 10.2. The number of aromatic nitrogens is 3. The van der Waals surface area contributed by atoms with Crippen molar-refractivity contribution in [1.29, 1.82) is 0 Å². The summed E-state index contributed by atoms with van der Waals surface area (Å²) in [7, 11) is 0. The van der Waals surface area contributed by atoms with Gasteiger partial charge in [0, 0.05) is 10.9 Å². The molecule has 3 N–H and O–H groups in total. The minimum atomic E-state index is 0.258. The Hall–Kier alpha value is -2.18. The molecule has 6 heteroatoms. The van der Waals surface area contributed by atoms with Gasteiger partial charge in [-0.25, -0.2) is 9.97 Å². The van der Waals surface area contributed by atoms with Crippen molar-refractivity contribution >= 4 is 27.8 Å². The highest BCUT2D eigenvalue weighted by atomic mass is 16.3. The molecule has 0 bridgehead atoms. The monoisotopic (exact) mass is 312 g/mol. The fourth-order valence-corrected chi connectivity index (χ4v) is 3.48. The lowest BCUT2D eigenvalue weighted by Gasteiger charge is -2.32. The van der Waals surface area contributed by atoms with Gasteiger partial charge in [0.15, 0.2) is 5.82 Å². The first-order valence-electron chi connectivity index (χ1n) is 8.18. The maximum absolute atomic E-state index is 9.09. The van der Waals surface area contributed by atoms with Crippen LogP contribution in [-0.4, -0.2) is 59.4 Å². The van der Waals surface area contributed by atoms with Crippen molar-refractivity contribution in [1.82, 2.24) is 15.0 Å². The summed E-state index contributed by atoms with van der Waals surface area (Å²) >= 11 is 0. The summed E-state index contributed by atoms with van der Waals surface area (Å²) in [5, 5.41) is 10.2. The van der Waals surface area contributed by atoms with E-state index in [1.807, 2.05) is 0 Å². The van der Waals surface area contributed by atoms with E-state index in [1.165, 1.54) is 10.5 Å². The van der Waals surface area contributed by atoms with E-state index in [0.29, 0.717) is 0 Å². The largest absolute Gasteiger partial charge is 0.391 e. The van der Waals surface area contributed by atoms with Crippen molar-refractivity contribution < 1.29 is 10.0 Å². The summed E-state index contributed by atoms with van der Waals surface area (Å²) in [4.78, 5) is 16.3. The Kier molecular flexibility index (Phi) is 3.63. The van der Waals surface area contributed by atoms with Crippen LogP contribution in [0.2, 0.25) is 0 Å². The predicted octanol–water partition coefficient (Wildman–Crippen LogP) is 0.117. The van der Waals surface area contributed by atoms with E-state index in [-0.39, 0.29) is 6.61 Å². The van der Waals surface area contributed by atoms with Gasteiger partial charge >= 0.3 is 0 Å². The Balaban J connectivity index is 1.72. The van der Waals surface area contributed by atoms with Gasteiger partial charge in [-0.15, -0.1) is 0 Å². The van der Waals surface area contributed by atoms with Crippen LogP contribution in [0.1, 0.15) is 5.56 Å². The number of benzene rings is 1. The second kappa shape index (κ2) is 5.79. The van der Waals surface area contributed by atoms with E-state index < -0.39 is 0 Å². The minimum Gasteiger partial charge on any atom is -0.391 e. The highest BCUT2D eigenvalue weighted by molar-refractivity contribution is 6.08. The fourth-order valence-electron chi connectivity index (χ4n) is 3.48. The van der Waals surface area contributed by atoms with Crippen LogP contribution in [-0.2, 0) is 0 Å². The number of hydrogen-bond acceptors (Lipinski definition) is 4. The topological polar surface area (TPSA) is 69.5 Å². The third kappa shape index (κ3) is 2.54. The maximum atomic E-state index is 9.09. The van der Waals surface area contributed by atoms with Gasteiger partial charge in [-0.2, -0.15) is 0 Å². The lowest BCUT2D eigenvalue weighted by molar-refractivity contribution is -0.900. The summed E-state index contributed by atoms with van der Waals surface area (Å²) in [5.74, 6) is 0.993. The van der Waals surface area contributed by atoms with Crippen molar-refractivity contribution in [3.8, 4) is 0 Å². The highest BCUT2D eigenvalue weighted by Gasteiger charge is 2.23. The number of piperazine rings is 1. The Bertz CT molecular complexity index is 835. The summed E-state index contributed by atoms with van der Waals surface area (Å²) in [6.45, 7) is 7.16. The average molecular weight is 312 g/mol. The number of H-pyrrole nitrogens is 1. The molecule has 0 unspecified atom stereocenters. The van der Waals surface area contributed by atoms with Gasteiger partial charge < -0.3 is 19.9 Å². The number of nitrogens with one attached hydrogen (secondary N) is 2. The first-order valence-corrected chi connectivity index (χ1v) is 8.18. The molecule has 3 aromatic rings. The summed E-state index contributed by atoms with van der Waals surface area (Å²) in [5.41, 5.74) is 4.37. The van der Waals surface area contributed by atoms with E-state index in [4.69, 9.17) is 5.11 Å². The van der Waals surface area contributed by atoms with Gasteiger partial charge in [0.25, 0.3) is 0 Å². The number of aliphatic hydroxyl groups is 1. The molecule has 1 aromatic carbocycles. The number of anilines is 1. The van der Waals surface area contributed by atoms with Gasteiger partial charge in [0.05, 0.1) is 32.8 Å². The van der Waals surface area contributed by atoms with Gasteiger partial charge in [-0.05, 0) is 18.6 Å². The quantitative estimate of drug-likeness (QED) is 0.642. The number of rotatable bonds is 3. The first kappa shape index (κ1) is 14.4. The molecule has 2 aromatic heterocycles. The molecule has 4 rings (SSSR count). The molecule has 1 saturated heterocycles. The third-order valence-corrected chi connectivity index (χ3v) is 4.75.